The molecule has 1 aromatic carbocycles. The number of carbonyl (C=O) groups excluding carboxylic acids is 1. The second-order valence-electron chi connectivity index (χ2n) is 5.34. The molecule has 1 N–H and O–H groups in total. The molecule has 2 aromatic rings. The Labute approximate surface area is 132 Å². The number of nitrogens with one attached hydrogen (secondary N) is 1. The van der Waals surface area contributed by atoms with E-state index in [1.54, 1.807) is 4.90 Å². The van der Waals surface area contributed by atoms with Gasteiger partial charge in [0.2, 0.25) is 0 Å². The van der Waals surface area contributed by atoms with Crippen LogP contribution in [0.4, 0.5) is 4.39 Å². The maximum Gasteiger partial charge on any atom is 0.274 e. The Morgan fingerprint density at radius 2 is 1.87 bits per heavy atom. The summed E-state index contributed by atoms with van der Waals surface area (Å²) in [5.74, 6) is -0.601. The average molecular weight is 316 g/mol. The molecule has 2 heterocycles. The molecule has 3 rings (SSSR count). The summed E-state index contributed by atoms with van der Waals surface area (Å²) in [5, 5.41) is 7.38. The largest absolute Gasteiger partial charge is 0.336 e. The normalized spacial score (nSPS) is 15.3. The van der Waals surface area contributed by atoms with Crippen molar-refractivity contribution < 1.29 is 9.18 Å². The van der Waals surface area contributed by atoms with Gasteiger partial charge in [0.15, 0.2) is 0 Å². The second-order valence-corrected chi connectivity index (χ2v) is 5.34. The minimum Gasteiger partial charge on any atom is -0.336 e. The van der Waals surface area contributed by atoms with E-state index >= 15 is 0 Å². The molecule has 0 bridgehead atoms. The van der Waals surface area contributed by atoms with Crippen molar-refractivity contribution in [3.63, 3.8) is 0 Å². The SMILES string of the molecule is O=C(c1ccc(=O)n(-c2ccc(F)cc2)n1)N1CCCNCC1. The van der Waals surface area contributed by atoms with Gasteiger partial charge in [-0.15, -0.1) is 0 Å². The lowest BCUT2D eigenvalue weighted by molar-refractivity contribution is 0.0758. The van der Waals surface area contributed by atoms with E-state index in [1.807, 2.05) is 0 Å². The minimum atomic E-state index is -0.397. The smallest absolute Gasteiger partial charge is 0.274 e. The van der Waals surface area contributed by atoms with Crippen LogP contribution in [0.1, 0.15) is 16.9 Å². The van der Waals surface area contributed by atoms with Crippen LogP contribution in [-0.2, 0) is 0 Å². The number of benzene rings is 1. The number of aromatic nitrogens is 2. The molecule has 120 valence electrons. The molecule has 7 heteroatoms. The second kappa shape index (κ2) is 6.70. The molecule has 0 aliphatic carbocycles. The molecule has 0 atom stereocenters. The monoisotopic (exact) mass is 316 g/mol. The fourth-order valence-electron chi connectivity index (χ4n) is 2.50. The Bertz CT molecular complexity index is 749. The number of carbonyl (C=O) groups is 1. The van der Waals surface area contributed by atoms with Crippen molar-refractivity contribution in [3.8, 4) is 5.69 Å². The van der Waals surface area contributed by atoms with Gasteiger partial charge in [-0.3, -0.25) is 9.59 Å². The van der Waals surface area contributed by atoms with Gasteiger partial charge in [-0.2, -0.15) is 9.78 Å². The summed E-state index contributed by atoms with van der Waals surface area (Å²) in [6.07, 6.45) is 0.878. The Morgan fingerprint density at radius 1 is 1.09 bits per heavy atom. The Kier molecular flexibility index (Phi) is 4.47. The van der Waals surface area contributed by atoms with Crippen LogP contribution in [-0.4, -0.2) is 46.8 Å². The number of rotatable bonds is 2. The first-order chi connectivity index (χ1) is 11.1. The van der Waals surface area contributed by atoms with Crippen molar-refractivity contribution in [2.45, 2.75) is 6.42 Å². The summed E-state index contributed by atoms with van der Waals surface area (Å²) in [5.41, 5.74) is 0.255. The topological polar surface area (TPSA) is 67.2 Å². The highest BCUT2D eigenvalue weighted by Gasteiger charge is 2.19. The number of hydrogen-bond acceptors (Lipinski definition) is 4. The van der Waals surface area contributed by atoms with Gasteiger partial charge < -0.3 is 10.2 Å². The zero-order chi connectivity index (χ0) is 16.2. The molecular weight excluding hydrogens is 299 g/mol. The lowest BCUT2D eigenvalue weighted by Crippen LogP contribution is -2.36. The van der Waals surface area contributed by atoms with E-state index in [4.69, 9.17) is 0 Å². The van der Waals surface area contributed by atoms with Crippen molar-refractivity contribution >= 4 is 5.91 Å². The van der Waals surface area contributed by atoms with Gasteiger partial charge in [-0.05, 0) is 43.3 Å². The summed E-state index contributed by atoms with van der Waals surface area (Å²) in [6, 6.07) is 8.14. The Morgan fingerprint density at radius 3 is 2.65 bits per heavy atom. The Hall–Kier alpha value is -2.54. The molecule has 0 radical (unpaired) electrons. The summed E-state index contributed by atoms with van der Waals surface area (Å²) < 4.78 is 14.1. The third kappa shape index (κ3) is 3.45. The lowest BCUT2D eigenvalue weighted by atomic mass is 10.3. The minimum absolute atomic E-state index is 0.204. The fourth-order valence-corrected chi connectivity index (χ4v) is 2.50. The van der Waals surface area contributed by atoms with Crippen LogP contribution < -0.4 is 10.9 Å². The molecule has 1 aliphatic rings. The predicted octanol–water partition coefficient (Wildman–Crippen LogP) is 0.807. The molecule has 1 aromatic heterocycles. The van der Waals surface area contributed by atoms with Crippen LogP contribution in [0.3, 0.4) is 0 Å². The van der Waals surface area contributed by atoms with Crippen molar-refractivity contribution in [2.75, 3.05) is 26.2 Å². The van der Waals surface area contributed by atoms with Crippen LogP contribution in [0.15, 0.2) is 41.2 Å². The first-order valence-electron chi connectivity index (χ1n) is 7.51. The molecule has 1 fully saturated rings. The van der Waals surface area contributed by atoms with E-state index in [0.717, 1.165) is 24.2 Å². The highest BCUT2D eigenvalue weighted by Crippen LogP contribution is 2.08. The van der Waals surface area contributed by atoms with E-state index in [9.17, 15) is 14.0 Å². The molecule has 0 saturated carbocycles. The Balaban J connectivity index is 1.91. The first-order valence-corrected chi connectivity index (χ1v) is 7.51. The van der Waals surface area contributed by atoms with Crippen LogP contribution in [0.25, 0.3) is 5.69 Å². The van der Waals surface area contributed by atoms with Gasteiger partial charge in [0, 0.05) is 25.7 Å². The van der Waals surface area contributed by atoms with Crippen LogP contribution in [0, 0.1) is 5.82 Å². The molecule has 23 heavy (non-hydrogen) atoms. The zero-order valence-electron chi connectivity index (χ0n) is 12.5. The molecule has 1 amide bonds. The molecule has 1 saturated heterocycles. The van der Waals surface area contributed by atoms with Crippen LogP contribution >= 0.6 is 0 Å². The highest BCUT2D eigenvalue weighted by molar-refractivity contribution is 5.92. The summed E-state index contributed by atoms with van der Waals surface area (Å²) >= 11 is 0. The maximum atomic E-state index is 13.0. The highest BCUT2D eigenvalue weighted by atomic mass is 19.1. The van der Waals surface area contributed by atoms with Gasteiger partial charge in [0.25, 0.3) is 11.5 Å². The third-order valence-corrected chi connectivity index (χ3v) is 3.72. The van der Waals surface area contributed by atoms with E-state index in [0.29, 0.717) is 18.8 Å². The predicted molar refractivity (Wildman–Crippen MR) is 83.2 cm³/mol. The van der Waals surface area contributed by atoms with Gasteiger partial charge in [0.1, 0.15) is 11.5 Å². The molecule has 0 spiro atoms. The standard InChI is InChI=1S/C16H17FN4O2/c17-12-2-4-13(5-3-12)21-15(22)7-6-14(19-21)16(23)20-10-1-8-18-9-11-20/h2-7,18H,1,8-11H2. The molecule has 1 aliphatic heterocycles. The maximum absolute atomic E-state index is 13.0. The lowest BCUT2D eigenvalue weighted by Gasteiger charge is -2.19. The van der Waals surface area contributed by atoms with Crippen molar-refractivity contribution in [1.29, 1.82) is 0 Å². The van der Waals surface area contributed by atoms with E-state index < -0.39 is 5.82 Å². The number of hydrogen-bond donors (Lipinski definition) is 1. The van der Waals surface area contributed by atoms with E-state index in [-0.39, 0.29) is 17.2 Å². The van der Waals surface area contributed by atoms with Crippen molar-refractivity contribution in [3.05, 3.63) is 58.3 Å². The fraction of sp³-hybridized carbons (Fsp3) is 0.312. The van der Waals surface area contributed by atoms with Gasteiger partial charge in [-0.1, -0.05) is 0 Å². The molecule has 0 unspecified atom stereocenters. The van der Waals surface area contributed by atoms with Crippen molar-refractivity contribution in [1.82, 2.24) is 20.0 Å². The van der Waals surface area contributed by atoms with Gasteiger partial charge in [0.05, 0.1) is 5.69 Å². The van der Waals surface area contributed by atoms with E-state index in [1.165, 1.54) is 36.4 Å². The summed E-state index contributed by atoms with van der Waals surface area (Å²) in [7, 11) is 0. The summed E-state index contributed by atoms with van der Waals surface area (Å²) in [4.78, 5) is 26.3. The van der Waals surface area contributed by atoms with Crippen molar-refractivity contribution in [2.24, 2.45) is 0 Å². The third-order valence-electron chi connectivity index (χ3n) is 3.72. The number of halogens is 1. The van der Waals surface area contributed by atoms with Gasteiger partial charge in [-0.25, -0.2) is 4.39 Å². The van der Waals surface area contributed by atoms with Crippen LogP contribution in [0.5, 0.6) is 0 Å². The number of amides is 1. The number of nitrogens with zero attached hydrogens (tertiary/aromatic N) is 3. The molecule has 6 nitrogen and oxygen atoms in total. The average Bonchev–Trinajstić information content (AvgIpc) is 2.85. The quantitative estimate of drug-likeness (QED) is 0.890. The van der Waals surface area contributed by atoms with E-state index in [2.05, 4.69) is 10.4 Å². The summed E-state index contributed by atoms with van der Waals surface area (Å²) in [6.45, 7) is 2.88. The van der Waals surface area contributed by atoms with Gasteiger partial charge >= 0.3 is 0 Å². The zero-order valence-corrected chi connectivity index (χ0v) is 12.5. The van der Waals surface area contributed by atoms with Crippen LogP contribution in [0.2, 0.25) is 0 Å². The molecular formula is C16H17FN4O2. The first kappa shape index (κ1) is 15.4.